The van der Waals surface area contributed by atoms with Crippen LogP contribution in [0, 0.1) is 6.92 Å². The number of aliphatic carboxylic acids is 1. The molecule has 0 aliphatic rings. The molecule has 0 aliphatic carbocycles. The average molecular weight is 303 g/mol. The smallest absolute Gasteiger partial charge is 0.303 e. The largest absolute Gasteiger partial charge is 0.481 e. The third-order valence-corrected chi connectivity index (χ3v) is 2.98. The van der Waals surface area contributed by atoms with E-state index in [2.05, 4.69) is 15.5 Å². The second-order valence-electron chi connectivity index (χ2n) is 4.87. The zero-order chi connectivity index (χ0) is 15.9. The van der Waals surface area contributed by atoms with E-state index in [1.807, 2.05) is 6.07 Å². The molecular weight excluding hydrogens is 286 g/mol. The molecule has 0 unspecified atom stereocenters. The number of hydrogen-bond donors (Lipinski definition) is 2. The number of unbranched alkanes of at least 4 members (excludes halogenated alkanes) is 1. The molecule has 0 saturated heterocycles. The van der Waals surface area contributed by atoms with Crippen LogP contribution in [-0.4, -0.2) is 27.1 Å². The van der Waals surface area contributed by atoms with E-state index in [0.29, 0.717) is 36.7 Å². The summed E-state index contributed by atoms with van der Waals surface area (Å²) in [5.41, 5.74) is 1.39. The van der Waals surface area contributed by atoms with Crippen LogP contribution in [-0.2, 0) is 9.59 Å². The molecule has 22 heavy (non-hydrogen) atoms. The van der Waals surface area contributed by atoms with Gasteiger partial charge in [0.1, 0.15) is 0 Å². The number of aromatic nitrogens is 2. The number of carboxylic acids is 1. The standard InChI is InChI=1S/C15H17N3O4/c1-10-16-15(18-22-10)11-5-4-6-12(9-11)17-13(19)7-2-3-8-14(20)21/h4-6,9H,2-3,7-8H2,1H3,(H,17,19)(H,20,21). The number of rotatable bonds is 7. The molecule has 2 N–H and O–H groups in total. The molecule has 0 radical (unpaired) electrons. The summed E-state index contributed by atoms with van der Waals surface area (Å²) in [6.07, 6.45) is 1.41. The molecule has 1 amide bonds. The number of nitrogens with zero attached hydrogens (tertiary/aromatic N) is 2. The van der Waals surface area contributed by atoms with Gasteiger partial charge in [0, 0.05) is 31.0 Å². The summed E-state index contributed by atoms with van der Waals surface area (Å²) < 4.78 is 4.93. The molecule has 0 aliphatic heterocycles. The van der Waals surface area contributed by atoms with Crippen LogP contribution in [0.1, 0.15) is 31.6 Å². The number of anilines is 1. The SMILES string of the molecule is Cc1nc(-c2cccc(NC(=O)CCCCC(=O)O)c2)no1. The minimum absolute atomic E-state index is 0.0833. The lowest BCUT2D eigenvalue weighted by molar-refractivity contribution is -0.137. The van der Waals surface area contributed by atoms with Gasteiger partial charge in [-0.05, 0) is 25.0 Å². The van der Waals surface area contributed by atoms with E-state index in [1.54, 1.807) is 25.1 Å². The second kappa shape index (κ2) is 7.35. The molecule has 116 valence electrons. The van der Waals surface area contributed by atoms with Crippen LogP contribution in [0.2, 0.25) is 0 Å². The molecule has 1 aromatic carbocycles. The molecule has 2 aromatic rings. The Labute approximate surface area is 127 Å². The van der Waals surface area contributed by atoms with Crippen molar-refractivity contribution in [1.82, 2.24) is 10.1 Å². The number of aryl methyl sites for hydroxylation is 1. The van der Waals surface area contributed by atoms with Crippen molar-refractivity contribution in [2.45, 2.75) is 32.6 Å². The van der Waals surface area contributed by atoms with E-state index in [0.717, 1.165) is 5.56 Å². The molecule has 0 fully saturated rings. The van der Waals surface area contributed by atoms with E-state index in [-0.39, 0.29) is 12.3 Å². The highest BCUT2D eigenvalue weighted by Crippen LogP contribution is 2.20. The Morgan fingerprint density at radius 2 is 2.05 bits per heavy atom. The van der Waals surface area contributed by atoms with Crippen molar-refractivity contribution < 1.29 is 19.2 Å². The normalized spacial score (nSPS) is 10.4. The van der Waals surface area contributed by atoms with Crippen LogP contribution in [0.3, 0.4) is 0 Å². The van der Waals surface area contributed by atoms with Gasteiger partial charge in [-0.1, -0.05) is 17.3 Å². The molecular formula is C15H17N3O4. The molecule has 7 heteroatoms. The van der Waals surface area contributed by atoms with Gasteiger partial charge >= 0.3 is 5.97 Å². The Morgan fingerprint density at radius 3 is 2.73 bits per heavy atom. The van der Waals surface area contributed by atoms with E-state index >= 15 is 0 Å². The predicted octanol–water partition coefficient (Wildman–Crippen LogP) is 2.63. The van der Waals surface area contributed by atoms with Gasteiger partial charge in [0.25, 0.3) is 0 Å². The maximum Gasteiger partial charge on any atom is 0.303 e. The van der Waals surface area contributed by atoms with Gasteiger partial charge in [-0.2, -0.15) is 4.98 Å². The molecule has 0 atom stereocenters. The number of carbonyl (C=O) groups excluding carboxylic acids is 1. The molecule has 0 bridgehead atoms. The summed E-state index contributed by atoms with van der Waals surface area (Å²) in [5.74, 6) is -0.0479. The minimum Gasteiger partial charge on any atom is -0.481 e. The number of amides is 1. The van der Waals surface area contributed by atoms with Gasteiger partial charge in [-0.25, -0.2) is 0 Å². The Morgan fingerprint density at radius 1 is 1.27 bits per heavy atom. The van der Waals surface area contributed by atoms with E-state index in [1.165, 1.54) is 0 Å². The number of carbonyl (C=O) groups is 2. The zero-order valence-corrected chi connectivity index (χ0v) is 12.2. The van der Waals surface area contributed by atoms with Gasteiger partial charge in [0.05, 0.1) is 0 Å². The predicted molar refractivity (Wildman–Crippen MR) is 79.2 cm³/mol. The monoisotopic (exact) mass is 303 g/mol. The summed E-state index contributed by atoms with van der Waals surface area (Å²) in [6.45, 7) is 1.71. The summed E-state index contributed by atoms with van der Waals surface area (Å²) in [6, 6.07) is 7.15. The minimum atomic E-state index is -0.844. The van der Waals surface area contributed by atoms with Crippen LogP contribution in [0.5, 0.6) is 0 Å². The first-order chi connectivity index (χ1) is 10.5. The highest BCUT2D eigenvalue weighted by molar-refractivity contribution is 5.91. The first kappa shape index (κ1) is 15.7. The Balaban J connectivity index is 1.90. The maximum atomic E-state index is 11.8. The van der Waals surface area contributed by atoms with Crippen LogP contribution >= 0.6 is 0 Å². The quantitative estimate of drug-likeness (QED) is 0.762. The molecule has 1 aromatic heterocycles. The summed E-state index contributed by atoms with van der Waals surface area (Å²) >= 11 is 0. The summed E-state index contributed by atoms with van der Waals surface area (Å²) in [5, 5.41) is 15.1. The number of carboxylic acid groups (broad SMARTS) is 1. The lowest BCUT2D eigenvalue weighted by Crippen LogP contribution is -2.11. The van der Waals surface area contributed by atoms with Crippen molar-refractivity contribution in [3.63, 3.8) is 0 Å². The highest BCUT2D eigenvalue weighted by Gasteiger charge is 2.08. The molecule has 0 saturated carbocycles. The fraction of sp³-hybridized carbons (Fsp3) is 0.333. The van der Waals surface area contributed by atoms with Crippen molar-refractivity contribution in [3.8, 4) is 11.4 Å². The fourth-order valence-corrected chi connectivity index (χ4v) is 1.94. The van der Waals surface area contributed by atoms with Crippen molar-refractivity contribution in [3.05, 3.63) is 30.2 Å². The van der Waals surface area contributed by atoms with Crippen molar-refractivity contribution >= 4 is 17.6 Å². The lowest BCUT2D eigenvalue weighted by atomic mass is 10.1. The summed E-state index contributed by atoms with van der Waals surface area (Å²) in [4.78, 5) is 26.3. The van der Waals surface area contributed by atoms with Gasteiger partial charge in [0.2, 0.25) is 17.6 Å². The maximum absolute atomic E-state index is 11.8. The molecule has 7 nitrogen and oxygen atoms in total. The Bertz CT molecular complexity index is 666. The summed E-state index contributed by atoms with van der Waals surface area (Å²) in [7, 11) is 0. The molecule has 2 rings (SSSR count). The van der Waals surface area contributed by atoms with E-state index < -0.39 is 5.97 Å². The number of hydrogen-bond acceptors (Lipinski definition) is 5. The Kier molecular flexibility index (Phi) is 5.24. The van der Waals surface area contributed by atoms with Gasteiger partial charge < -0.3 is 14.9 Å². The van der Waals surface area contributed by atoms with Gasteiger partial charge in [-0.15, -0.1) is 0 Å². The highest BCUT2D eigenvalue weighted by atomic mass is 16.5. The van der Waals surface area contributed by atoms with Crippen LogP contribution < -0.4 is 5.32 Å². The topological polar surface area (TPSA) is 105 Å². The third-order valence-electron chi connectivity index (χ3n) is 2.98. The zero-order valence-electron chi connectivity index (χ0n) is 12.2. The molecule has 0 spiro atoms. The van der Waals surface area contributed by atoms with E-state index in [9.17, 15) is 9.59 Å². The first-order valence-electron chi connectivity index (χ1n) is 6.97. The lowest BCUT2D eigenvalue weighted by Gasteiger charge is -2.06. The van der Waals surface area contributed by atoms with Crippen LogP contribution in [0.15, 0.2) is 28.8 Å². The first-order valence-corrected chi connectivity index (χ1v) is 6.97. The average Bonchev–Trinajstić information content (AvgIpc) is 2.90. The van der Waals surface area contributed by atoms with E-state index in [4.69, 9.17) is 9.63 Å². The molecule has 1 heterocycles. The fourth-order valence-electron chi connectivity index (χ4n) is 1.94. The number of nitrogens with one attached hydrogen (secondary N) is 1. The van der Waals surface area contributed by atoms with Crippen molar-refractivity contribution in [2.24, 2.45) is 0 Å². The number of benzene rings is 1. The van der Waals surface area contributed by atoms with Gasteiger partial charge in [-0.3, -0.25) is 9.59 Å². The Hall–Kier alpha value is -2.70. The second-order valence-corrected chi connectivity index (χ2v) is 4.87. The van der Waals surface area contributed by atoms with Crippen LogP contribution in [0.25, 0.3) is 11.4 Å². The van der Waals surface area contributed by atoms with Crippen molar-refractivity contribution in [1.29, 1.82) is 0 Å². The van der Waals surface area contributed by atoms with Gasteiger partial charge in [0.15, 0.2) is 0 Å². The van der Waals surface area contributed by atoms with Crippen LogP contribution in [0.4, 0.5) is 5.69 Å². The third kappa shape index (κ3) is 4.69. The van der Waals surface area contributed by atoms with Crippen molar-refractivity contribution in [2.75, 3.05) is 5.32 Å².